The lowest BCUT2D eigenvalue weighted by atomic mass is 10.4. The van der Waals surface area contributed by atoms with E-state index in [0.29, 0.717) is 0 Å². The van der Waals surface area contributed by atoms with Gasteiger partial charge >= 0.3 is 5.97 Å². The van der Waals surface area contributed by atoms with E-state index in [-0.39, 0.29) is 9.90 Å². The fourth-order valence-corrected chi connectivity index (χ4v) is 3.48. The maximum atomic E-state index is 12.0. The molecule has 0 saturated carbocycles. The van der Waals surface area contributed by atoms with Gasteiger partial charge in [0.05, 0.1) is 17.4 Å². The van der Waals surface area contributed by atoms with Crippen LogP contribution in [0.25, 0.3) is 0 Å². The monoisotopic (exact) mass is 299 g/mol. The van der Waals surface area contributed by atoms with Crippen molar-refractivity contribution in [2.24, 2.45) is 0 Å². The van der Waals surface area contributed by atoms with Crippen LogP contribution < -0.4 is 4.72 Å². The number of aromatic nitrogens is 2. The second-order valence-electron chi connectivity index (χ2n) is 3.59. The van der Waals surface area contributed by atoms with Crippen LogP contribution in [0.4, 0.5) is 5.69 Å². The number of rotatable bonds is 4. The molecule has 0 atom stereocenters. The van der Waals surface area contributed by atoms with Crippen LogP contribution in [0.3, 0.4) is 0 Å². The average Bonchev–Trinajstić information content (AvgIpc) is 2.82. The molecule has 0 radical (unpaired) electrons. The first-order valence-corrected chi connectivity index (χ1v) is 7.38. The largest absolute Gasteiger partial charge is 0.476 e. The van der Waals surface area contributed by atoms with Gasteiger partial charge in [0.2, 0.25) is 0 Å². The molecule has 0 fully saturated rings. The van der Waals surface area contributed by atoms with Crippen molar-refractivity contribution in [3.05, 3.63) is 35.2 Å². The van der Waals surface area contributed by atoms with Gasteiger partial charge in [0, 0.05) is 5.69 Å². The molecule has 0 aliphatic heterocycles. The molecule has 9 heteroatoms. The first-order valence-electron chi connectivity index (χ1n) is 5.02. The van der Waals surface area contributed by atoms with Crippen LogP contribution in [0.1, 0.15) is 16.2 Å². The Kier molecular flexibility index (Phi) is 3.49. The topological polar surface area (TPSA) is 109 Å². The summed E-state index contributed by atoms with van der Waals surface area (Å²) in [5.41, 5.74) is 1.69. The molecule has 0 saturated heterocycles. The highest BCUT2D eigenvalue weighted by molar-refractivity contribution is 7.94. The molecule has 0 aliphatic rings. The van der Waals surface area contributed by atoms with Crippen LogP contribution in [0.15, 0.2) is 28.0 Å². The van der Waals surface area contributed by atoms with Gasteiger partial charge in [0.1, 0.15) is 0 Å². The SMILES string of the molecule is Cc1ccc(NS(=O)(=O)c2scnc2C(=O)O)cn1. The Balaban J connectivity index is 2.35. The van der Waals surface area contributed by atoms with E-state index in [1.165, 1.54) is 11.7 Å². The summed E-state index contributed by atoms with van der Waals surface area (Å²) in [6, 6.07) is 3.18. The Morgan fingerprint density at radius 3 is 2.68 bits per heavy atom. The smallest absolute Gasteiger partial charge is 0.356 e. The van der Waals surface area contributed by atoms with Crippen molar-refractivity contribution in [2.45, 2.75) is 11.1 Å². The summed E-state index contributed by atoms with van der Waals surface area (Å²) in [5.74, 6) is -1.39. The fourth-order valence-electron chi connectivity index (χ4n) is 1.30. The number of aromatic carboxylic acids is 1. The second kappa shape index (κ2) is 4.94. The lowest BCUT2D eigenvalue weighted by Crippen LogP contribution is -2.15. The maximum Gasteiger partial charge on any atom is 0.356 e. The van der Waals surface area contributed by atoms with E-state index < -0.39 is 21.7 Å². The zero-order valence-electron chi connectivity index (χ0n) is 9.69. The minimum absolute atomic E-state index is 0.260. The molecule has 2 aromatic heterocycles. The first kappa shape index (κ1) is 13.4. The van der Waals surface area contributed by atoms with Gasteiger partial charge in [-0.05, 0) is 19.1 Å². The third kappa shape index (κ3) is 2.88. The number of carboxylic acids is 1. The number of carbonyl (C=O) groups is 1. The van der Waals surface area contributed by atoms with E-state index in [2.05, 4.69) is 14.7 Å². The maximum absolute atomic E-state index is 12.0. The molecular weight excluding hydrogens is 290 g/mol. The van der Waals surface area contributed by atoms with Gasteiger partial charge in [-0.2, -0.15) is 0 Å². The van der Waals surface area contributed by atoms with Crippen molar-refractivity contribution in [2.75, 3.05) is 4.72 Å². The molecule has 0 spiro atoms. The molecule has 2 rings (SSSR count). The Bertz CT molecular complexity index is 707. The van der Waals surface area contributed by atoms with Gasteiger partial charge in [0.15, 0.2) is 9.90 Å². The highest BCUT2D eigenvalue weighted by Crippen LogP contribution is 2.22. The molecule has 0 amide bonds. The average molecular weight is 299 g/mol. The number of sulfonamides is 1. The third-order valence-electron chi connectivity index (χ3n) is 2.15. The van der Waals surface area contributed by atoms with Crippen molar-refractivity contribution in [1.82, 2.24) is 9.97 Å². The summed E-state index contributed by atoms with van der Waals surface area (Å²) in [6.07, 6.45) is 1.36. The van der Waals surface area contributed by atoms with E-state index >= 15 is 0 Å². The lowest BCUT2D eigenvalue weighted by molar-refractivity contribution is 0.0687. The normalized spacial score (nSPS) is 11.2. The highest BCUT2D eigenvalue weighted by Gasteiger charge is 2.25. The predicted molar refractivity (Wildman–Crippen MR) is 68.9 cm³/mol. The lowest BCUT2D eigenvalue weighted by Gasteiger charge is -2.06. The minimum Gasteiger partial charge on any atom is -0.476 e. The number of hydrogen-bond acceptors (Lipinski definition) is 6. The van der Waals surface area contributed by atoms with Crippen molar-refractivity contribution in [3.63, 3.8) is 0 Å². The van der Waals surface area contributed by atoms with Gasteiger partial charge in [-0.1, -0.05) is 0 Å². The highest BCUT2D eigenvalue weighted by atomic mass is 32.2. The zero-order chi connectivity index (χ0) is 14.0. The Hall–Kier alpha value is -2.00. The van der Waals surface area contributed by atoms with Crippen molar-refractivity contribution in [3.8, 4) is 0 Å². The number of anilines is 1. The Morgan fingerprint density at radius 2 is 2.11 bits per heavy atom. The standard InChI is InChI=1S/C10H9N3O4S2/c1-6-2-3-7(4-11-6)13-19(16,17)10-8(9(14)15)12-5-18-10/h2-5,13H,1H3,(H,14,15). The van der Waals surface area contributed by atoms with E-state index in [0.717, 1.165) is 17.0 Å². The van der Waals surface area contributed by atoms with Crippen LogP contribution in [-0.2, 0) is 10.0 Å². The van der Waals surface area contributed by atoms with Crippen LogP contribution in [0, 0.1) is 6.92 Å². The number of nitrogens with zero attached hydrogens (tertiary/aromatic N) is 2. The van der Waals surface area contributed by atoms with E-state index in [1.807, 2.05) is 0 Å². The summed E-state index contributed by atoms with van der Waals surface area (Å²) in [4.78, 5) is 18.3. The number of nitrogens with one attached hydrogen (secondary N) is 1. The zero-order valence-corrected chi connectivity index (χ0v) is 11.3. The predicted octanol–water partition coefficient (Wildman–Crippen LogP) is 1.35. The van der Waals surface area contributed by atoms with Crippen molar-refractivity contribution in [1.29, 1.82) is 0 Å². The van der Waals surface area contributed by atoms with Crippen LogP contribution in [0.2, 0.25) is 0 Å². The summed E-state index contributed by atoms with van der Waals surface area (Å²) in [7, 11) is -3.97. The van der Waals surface area contributed by atoms with E-state index in [9.17, 15) is 13.2 Å². The molecule has 0 aromatic carbocycles. The molecule has 100 valence electrons. The molecule has 0 aliphatic carbocycles. The van der Waals surface area contributed by atoms with Gasteiger partial charge in [-0.25, -0.2) is 18.2 Å². The number of carboxylic acid groups (broad SMARTS) is 1. The number of thiazole rings is 1. The van der Waals surface area contributed by atoms with Gasteiger partial charge in [-0.3, -0.25) is 9.71 Å². The summed E-state index contributed by atoms with van der Waals surface area (Å²) < 4.78 is 26.0. The molecule has 0 unspecified atom stereocenters. The fraction of sp³-hybridized carbons (Fsp3) is 0.100. The third-order valence-corrected chi connectivity index (χ3v) is 4.90. The van der Waals surface area contributed by atoms with Crippen molar-refractivity contribution < 1.29 is 18.3 Å². The van der Waals surface area contributed by atoms with Gasteiger partial charge in [0.25, 0.3) is 10.0 Å². The number of aryl methyl sites for hydroxylation is 1. The molecule has 2 heterocycles. The van der Waals surface area contributed by atoms with Crippen LogP contribution in [0.5, 0.6) is 0 Å². The molecule has 2 aromatic rings. The molecule has 0 bridgehead atoms. The quantitative estimate of drug-likeness (QED) is 0.881. The van der Waals surface area contributed by atoms with Crippen molar-refractivity contribution >= 4 is 33.0 Å². The summed E-state index contributed by atoms with van der Waals surface area (Å²) in [6.45, 7) is 1.77. The van der Waals surface area contributed by atoms with Crippen LogP contribution in [-0.4, -0.2) is 29.5 Å². The van der Waals surface area contributed by atoms with E-state index in [1.54, 1.807) is 19.1 Å². The summed E-state index contributed by atoms with van der Waals surface area (Å²) in [5, 5.41) is 8.86. The van der Waals surface area contributed by atoms with Gasteiger partial charge in [-0.15, -0.1) is 11.3 Å². The van der Waals surface area contributed by atoms with E-state index in [4.69, 9.17) is 5.11 Å². The molecule has 7 nitrogen and oxygen atoms in total. The Labute approximate surface area is 113 Å². The molecule has 19 heavy (non-hydrogen) atoms. The Morgan fingerprint density at radius 1 is 1.37 bits per heavy atom. The van der Waals surface area contributed by atoms with Gasteiger partial charge < -0.3 is 5.11 Å². The van der Waals surface area contributed by atoms with Crippen LogP contribution >= 0.6 is 11.3 Å². The molecule has 2 N–H and O–H groups in total. The number of hydrogen-bond donors (Lipinski definition) is 2. The summed E-state index contributed by atoms with van der Waals surface area (Å²) >= 11 is 0.744. The second-order valence-corrected chi connectivity index (χ2v) is 6.32. The number of pyridine rings is 1. The minimum atomic E-state index is -3.97. The first-order chi connectivity index (χ1) is 8.90. The molecular formula is C10H9N3O4S2.